The van der Waals surface area contributed by atoms with Crippen LogP contribution < -0.4 is 11.1 Å². The number of amides is 1. The lowest BCUT2D eigenvalue weighted by Gasteiger charge is -2.12. The van der Waals surface area contributed by atoms with Crippen LogP contribution in [0.1, 0.15) is 41.6 Å². The van der Waals surface area contributed by atoms with E-state index in [0.717, 1.165) is 52.6 Å². The number of carbonyl (C=O) groups excluding carboxylic acids is 1. The SMILES string of the molecule is CCCCc1nc2c(N)nc3cc(C)ccc3c2n1CCNC(=O)c1cnccn1. The third-order valence-electron chi connectivity index (χ3n) is 5.11. The van der Waals surface area contributed by atoms with Crippen LogP contribution in [0, 0.1) is 6.92 Å². The minimum absolute atomic E-state index is 0.246. The van der Waals surface area contributed by atoms with E-state index in [9.17, 15) is 4.79 Å². The van der Waals surface area contributed by atoms with Crippen molar-refractivity contribution < 1.29 is 4.79 Å². The number of carbonyl (C=O) groups is 1. The minimum Gasteiger partial charge on any atom is -0.382 e. The van der Waals surface area contributed by atoms with Gasteiger partial charge in [-0.2, -0.15) is 0 Å². The Kier molecular flexibility index (Phi) is 5.56. The topological polar surface area (TPSA) is 112 Å². The first-order valence-corrected chi connectivity index (χ1v) is 10.2. The van der Waals surface area contributed by atoms with Crippen molar-refractivity contribution in [2.45, 2.75) is 39.7 Å². The zero-order valence-electron chi connectivity index (χ0n) is 17.2. The first-order valence-electron chi connectivity index (χ1n) is 10.2. The summed E-state index contributed by atoms with van der Waals surface area (Å²) in [7, 11) is 0. The summed E-state index contributed by atoms with van der Waals surface area (Å²) in [4.78, 5) is 29.7. The number of aromatic nitrogens is 5. The molecule has 3 aromatic heterocycles. The number of anilines is 1. The molecule has 0 fully saturated rings. The van der Waals surface area contributed by atoms with Crippen molar-refractivity contribution in [3.63, 3.8) is 0 Å². The molecule has 154 valence electrons. The molecular weight excluding hydrogens is 378 g/mol. The smallest absolute Gasteiger partial charge is 0.271 e. The fourth-order valence-corrected chi connectivity index (χ4v) is 3.62. The van der Waals surface area contributed by atoms with Crippen LogP contribution in [0.25, 0.3) is 21.9 Å². The fraction of sp³-hybridized carbons (Fsp3) is 0.318. The van der Waals surface area contributed by atoms with Crippen LogP contribution in [-0.4, -0.2) is 37.0 Å². The quantitative estimate of drug-likeness (QED) is 0.491. The van der Waals surface area contributed by atoms with E-state index in [-0.39, 0.29) is 5.91 Å². The number of nitrogens with zero attached hydrogens (tertiary/aromatic N) is 5. The van der Waals surface area contributed by atoms with Gasteiger partial charge in [-0.3, -0.25) is 9.78 Å². The minimum atomic E-state index is -0.246. The first-order chi connectivity index (χ1) is 14.6. The highest BCUT2D eigenvalue weighted by Gasteiger charge is 2.17. The van der Waals surface area contributed by atoms with Crippen molar-refractivity contribution in [2.24, 2.45) is 0 Å². The van der Waals surface area contributed by atoms with Gasteiger partial charge in [-0.05, 0) is 25.0 Å². The number of nitrogens with two attached hydrogens (primary N) is 1. The number of aryl methyl sites for hydroxylation is 2. The summed E-state index contributed by atoms with van der Waals surface area (Å²) in [6, 6.07) is 6.17. The summed E-state index contributed by atoms with van der Waals surface area (Å²) in [6.07, 6.45) is 7.44. The number of unbranched alkanes of at least 4 members (excludes halogenated alkanes) is 1. The molecule has 30 heavy (non-hydrogen) atoms. The van der Waals surface area contributed by atoms with Gasteiger partial charge in [-0.1, -0.05) is 25.5 Å². The molecule has 0 unspecified atom stereocenters. The number of hydrogen-bond donors (Lipinski definition) is 2. The van der Waals surface area contributed by atoms with Crippen LogP contribution in [0.4, 0.5) is 5.82 Å². The number of benzene rings is 1. The number of imidazole rings is 1. The molecule has 1 aromatic carbocycles. The molecular formula is C22H25N7O. The Labute approximate surface area is 174 Å². The molecule has 0 spiro atoms. The number of nitrogen functional groups attached to an aromatic ring is 1. The number of pyridine rings is 1. The third kappa shape index (κ3) is 3.80. The zero-order chi connectivity index (χ0) is 21.1. The van der Waals surface area contributed by atoms with Gasteiger partial charge in [0.1, 0.15) is 17.0 Å². The number of fused-ring (bicyclic) bond motifs is 3. The molecule has 3 N–H and O–H groups in total. The molecule has 0 atom stereocenters. The Hall–Kier alpha value is -3.55. The predicted octanol–water partition coefficient (Wildman–Crippen LogP) is 3.04. The molecule has 0 aliphatic carbocycles. The Balaban J connectivity index is 1.70. The monoisotopic (exact) mass is 403 g/mol. The molecule has 0 aliphatic heterocycles. The van der Waals surface area contributed by atoms with Gasteiger partial charge in [0, 0.05) is 37.3 Å². The maximum Gasteiger partial charge on any atom is 0.271 e. The molecule has 1 amide bonds. The normalized spacial score (nSPS) is 11.3. The van der Waals surface area contributed by atoms with Crippen LogP contribution in [-0.2, 0) is 13.0 Å². The Morgan fingerprint density at radius 2 is 2.10 bits per heavy atom. The lowest BCUT2D eigenvalue weighted by molar-refractivity contribution is 0.0947. The van der Waals surface area contributed by atoms with Crippen molar-refractivity contribution in [2.75, 3.05) is 12.3 Å². The molecule has 0 aliphatic rings. The molecule has 0 saturated heterocycles. The average Bonchev–Trinajstić information content (AvgIpc) is 3.12. The van der Waals surface area contributed by atoms with Crippen LogP contribution in [0.15, 0.2) is 36.8 Å². The van der Waals surface area contributed by atoms with E-state index < -0.39 is 0 Å². The highest BCUT2D eigenvalue weighted by molar-refractivity contribution is 6.06. The van der Waals surface area contributed by atoms with Gasteiger partial charge in [0.15, 0.2) is 5.82 Å². The van der Waals surface area contributed by atoms with E-state index in [1.165, 1.54) is 12.4 Å². The number of hydrogen-bond acceptors (Lipinski definition) is 6. The predicted molar refractivity (Wildman–Crippen MR) is 117 cm³/mol. The van der Waals surface area contributed by atoms with Crippen LogP contribution in [0.5, 0.6) is 0 Å². The maximum absolute atomic E-state index is 12.3. The van der Waals surface area contributed by atoms with Crippen molar-refractivity contribution >= 4 is 33.7 Å². The van der Waals surface area contributed by atoms with Gasteiger partial charge in [0.25, 0.3) is 5.91 Å². The summed E-state index contributed by atoms with van der Waals surface area (Å²) in [5.74, 6) is 1.15. The Bertz CT molecular complexity index is 1200. The van der Waals surface area contributed by atoms with Gasteiger partial charge < -0.3 is 15.6 Å². The van der Waals surface area contributed by atoms with E-state index in [4.69, 9.17) is 10.7 Å². The summed E-state index contributed by atoms with van der Waals surface area (Å²) >= 11 is 0. The molecule has 0 saturated carbocycles. The van der Waals surface area contributed by atoms with E-state index in [2.05, 4.69) is 43.9 Å². The lowest BCUT2D eigenvalue weighted by atomic mass is 10.1. The lowest BCUT2D eigenvalue weighted by Crippen LogP contribution is -2.28. The van der Waals surface area contributed by atoms with Gasteiger partial charge in [0.2, 0.25) is 0 Å². The molecule has 3 heterocycles. The van der Waals surface area contributed by atoms with Crippen LogP contribution >= 0.6 is 0 Å². The molecule has 8 heteroatoms. The standard InChI is InChI=1S/C22H25N7O/c1-3-4-5-18-28-19-20(15-7-6-14(2)12-16(15)27-21(19)23)29(18)11-10-26-22(30)17-13-24-8-9-25-17/h6-9,12-13H,3-5,10-11H2,1-2H3,(H2,23,27)(H,26,30). The third-order valence-corrected chi connectivity index (χ3v) is 5.11. The molecule has 4 aromatic rings. The van der Waals surface area contributed by atoms with Gasteiger partial charge in [-0.15, -0.1) is 0 Å². The van der Waals surface area contributed by atoms with E-state index in [1.54, 1.807) is 6.20 Å². The summed E-state index contributed by atoms with van der Waals surface area (Å²) in [5, 5.41) is 3.93. The zero-order valence-corrected chi connectivity index (χ0v) is 17.2. The highest BCUT2D eigenvalue weighted by atomic mass is 16.1. The van der Waals surface area contributed by atoms with E-state index in [0.29, 0.717) is 24.6 Å². The van der Waals surface area contributed by atoms with Crippen molar-refractivity contribution in [3.8, 4) is 0 Å². The average molecular weight is 403 g/mol. The van der Waals surface area contributed by atoms with Crippen LogP contribution in [0.2, 0.25) is 0 Å². The number of rotatable bonds is 7. The first kappa shape index (κ1) is 19.8. The molecule has 8 nitrogen and oxygen atoms in total. The Morgan fingerprint density at radius 3 is 2.87 bits per heavy atom. The van der Waals surface area contributed by atoms with E-state index >= 15 is 0 Å². The number of nitrogens with one attached hydrogen (secondary N) is 1. The fourth-order valence-electron chi connectivity index (χ4n) is 3.62. The Morgan fingerprint density at radius 1 is 1.23 bits per heavy atom. The summed E-state index contributed by atoms with van der Waals surface area (Å²) in [6.45, 7) is 5.21. The van der Waals surface area contributed by atoms with Gasteiger partial charge in [-0.25, -0.2) is 15.0 Å². The highest BCUT2D eigenvalue weighted by Crippen LogP contribution is 2.29. The largest absolute Gasteiger partial charge is 0.382 e. The molecule has 4 rings (SSSR count). The summed E-state index contributed by atoms with van der Waals surface area (Å²) < 4.78 is 2.16. The second-order valence-corrected chi connectivity index (χ2v) is 7.34. The summed E-state index contributed by atoms with van der Waals surface area (Å²) in [5.41, 5.74) is 10.2. The van der Waals surface area contributed by atoms with Gasteiger partial charge in [0.05, 0.1) is 17.2 Å². The molecule has 0 bridgehead atoms. The van der Waals surface area contributed by atoms with E-state index in [1.807, 2.05) is 13.0 Å². The van der Waals surface area contributed by atoms with Crippen molar-refractivity contribution in [3.05, 3.63) is 53.9 Å². The second kappa shape index (κ2) is 8.44. The van der Waals surface area contributed by atoms with Gasteiger partial charge >= 0.3 is 0 Å². The molecule has 0 radical (unpaired) electrons. The maximum atomic E-state index is 12.3. The van der Waals surface area contributed by atoms with Crippen LogP contribution in [0.3, 0.4) is 0 Å². The second-order valence-electron chi connectivity index (χ2n) is 7.34. The van der Waals surface area contributed by atoms with Crippen molar-refractivity contribution in [1.29, 1.82) is 0 Å². The van der Waals surface area contributed by atoms with Crippen molar-refractivity contribution in [1.82, 2.24) is 29.8 Å².